The van der Waals surface area contributed by atoms with E-state index in [2.05, 4.69) is 81.1 Å². The van der Waals surface area contributed by atoms with Crippen molar-refractivity contribution >= 4 is 46.7 Å². The summed E-state index contributed by atoms with van der Waals surface area (Å²) in [6.45, 7) is 11.5. The van der Waals surface area contributed by atoms with Gasteiger partial charge in [-0.3, -0.25) is 4.79 Å². The molecular weight excluding hydrogens is 537 g/mol. The lowest BCUT2D eigenvalue weighted by molar-refractivity contribution is 0.0913. The zero-order valence-electron chi connectivity index (χ0n) is 24.6. The third kappa shape index (κ3) is 7.48. The largest absolute Gasteiger partial charge is 0.349 e. The van der Waals surface area contributed by atoms with Gasteiger partial charge in [-0.25, -0.2) is 9.37 Å². The Kier molecular flexibility index (Phi) is 8.70. The molecule has 2 aromatic carbocycles. The second-order valence-corrected chi connectivity index (χ2v) is 13.8. The Labute approximate surface area is 246 Å². The molecule has 0 radical (unpaired) electrons. The van der Waals surface area contributed by atoms with E-state index in [1.165, 1.54) is 23.4 Å². The fourth-order valence-electron chi connectivity index (χ4n) is 5.13. The number of anilines is 5. The molecule has 3 N–H and O–H groups in total. The van der Waals surface area contributed by atoms with Crippen LogP contribution in [0.25, 0.3) is 0 Å². The minimum atomic E-state index is -0.586. The lowest BCUT2D eigenvalue weighted by Gasteiger charge is -2.35. The molecule has 2 aliphatic heterocycles. The van der Waals surface area contributed by atoms with Crippen molar-refractivity contribution in [1.82, 2.24) is 20.2 Å². The van der Waals surface area contributed by atoms with E-state index in [4.69, 9.17) is 0 Å². The third-order valence-electron chi connectivity index (χ3n) is 7.30. The molecule has 5 rings (SSSR count). The van der Waals surface area contributed by atoms with Crippen molar-refractivity contribution in [1.29, 1.82) is 0 Å². The van der Waals surface area contributed by atoms with Crippen molar-refractivity contribution in [3.63, 3.8) is 0 Å². The fourth-order valence-corrected chi connectivity index (χ4v) is 6.28. The minimum Gasteiger partial charge on any atom is -0.349 e. The van der Waals surface area contributed by atoms with Crippen molar-refractivity contribution in [2.75, 3.05) is 41.6 Å². The van der Waals surface area contributed by atoms with Crippen LogP contribution in [0.4, 0.5) is 33.2 Å². The van der Waals surface area contributed by atoms with Gasteiger partial charge in [-0.2, -0.15) is 4.98 Å². The van der Waals surface area contributed by atoms with Crippen molar-refractivity contribution in [3.8, 4) is 0 Å². The van der Waals surface area contributed by atoms with E-state index in [-0.39, 0.29) is 22.3 Å². The molecule has 1 amide bonds. The Morgan fingerprint density at radius 3 is 2.51 bits per heavy atom. The van der Waals surface area contributed by atoms with Crippen molar-refractivity contribution < 1.29 is 9.18 Å². The predicted octanol–water partition coefficient (Wildman–Crippen LogP) is 6.43. The first kappa shape index (κ1) is 29.1. The zero-order chi connectivity index (χ0) is 29.1. The molecule has 0 saturated carbocycles. The quantitative estimate of drug-likeness (QED) is 0.277. The summed E-state index contributed by atoms with van der Waals surface area (Å²) in [5, 5.41) is 9.51. The maximum absolute atomic E-state index is 15.0. The van der Waals surface area contributed by atoms with Crippen LogP contribution in [0.2, 0.25) is 0 Å². The molecule has 3 heterocycles. The van der Waals surface area contributed by atoms with Crippen LogP contribution in [-0.2, 0) is 6.42 Å². The van der Waals surface area contributed by atoms with Gasteiger partial charge < -0.3 is 25.2 Å². The number of halogens is 1. The standard InChI is InChI=1S/C31H40FN7OS/c1-20-19-33-30(36-23-10-11-25(26(32)17-23)29(40)35-22-12-15-38(5)16-13-22)37-28(20)34-24-9-8-21-7-6-14-39(27(21)18-24)41-31(2,3)4/h8-11,17-19,22H,6-7,12-16H2,1-5H3,(H,35,40)(H2,33,34,36,37). The summed E-state index contributed by atoms with van der Waals surface area (Å²) in [5.41, 5.74) is 4.93. The number of nitrogens with zero attached hydrogens (tertiary/aromatic N) is 4. The highest BCUT2D eigenvalue weighted by atomic mass is 32.2. The highest BCUT2D eigenvalue weighted by molar-refractivity contribution is 8.01. The summed E-state index contributed by atoms with van der Waals surface area (Å²) in [6.07, 6.45) is 5.69. The monoisotopic (exact) mass is 577 g/mol. The first-order valence-electron chi connectivity index (χ1n) is 14.3. The maximum atomic E-state index is 15.0. The van der Waals surface area contributed by atoms with Crippen LogP contribution in [0.5, 0.6) is 0 Å². The van der Waals surface area contributed by atoms with Gasteiger partial charge in [0, 0.05) is 40.5 Å². The normalized spacial score (nSPS) is 16.3. The number of nitrogens with one attached hydrogen (secondary N) is 3. The Morgan fingerprint density at radius 2 is 1.78 bits per heavy atom. The maximum Gasteiger partial charge on any atom is 0.254 e. The number of aryl methyl sites for hydroxylation is 2. The number of piperidine rings is 1. The van der Waals surface area contributed by atoms with Crippen molar-refractivity contribution in [2.45, 2.75) is 64.2 Å². The zero-order valence-corrected chi connectivity index (χ0v) is 25.4. The SMILES string of the molecule is Cc1cnc(Nc2ccc(C(=O)NC3CCN(C)CC3)c(F)c2)nc1Nc1ccc2c(c1)N(SC(C)(C)C)CCC2. The molecule has 0 atom stereocenters. The molecular formula is C31H40FN7OS. The minimum absolute atomic E-state index is 0.0349. The number of benzene rings is 2. The second kappa shape index (κ2) is 12.2. The van der Waals surface area contributed by atoms with E-state index in [0.717, 1.165) is 56.6 Å². The van der Waals surface area contributed by atoms with Gasteiger partial charge in [0.05, 0.1) is 11.3 Å². The molecule has 1 saturated heterocycles. The van der Waals surface area contributed by atoms with Gasteiger partial charge in [-0.05, 0) is 121 Å². The first-order valence-corrected chi connectivity index (χ1v) is 15.1. The molecule has 10 heteroatoms. The molecule has 0 spiro atoms. The molecule has 0 unspecified atom stereocenters. The van der Waals surface area contributed by atoms with Crippen LogP contribution in [-0.4, -0.2) is 58.2 Å². The number of rotatable bonds is 7. The molecule has 41 heavy (non-hydrogen) atoms. The highest BCUT2D eigenvalue weighted by Gasteiger charge is 2.24. The lowest BCUT2D eigenvalue weighted by Crippen LogP contribution is -2.43. The van der Waals surface area contributed by atoms with Crippen molar-refractivity contribution in [2.24, 2.45) is 0 Å². The molecule has 8 nitrogen and oxygen atoms in total. The van der Waals surface area contributed by atoms with Crippen molar-refractivity contribution in [3.05, 3.63) is 65.1 Å². The van der Waals surface area contributed by atoms with E-state index in [0.29, 0.717) is 17.5 Å². The topological polar surface area (TPSA) is 85.4 Å². The fraction of sp³-hybridized carbons (Fsp3) is 0.452. The van der Waals surface area contributed by atoms with Crippen LogP contribution in [0.15, 0.2) is 42.6 Å². The Hall–Kier alpha value is -3.37. The van der Waals surface area contributed by atoms with E-state index in [9.17, 15) is 9.18 Å². The molecule has 0 aliphatic carbocycles. The number of aromatic nitrogens is 2. The molecule has 218 valence electrons. The summed E-state index contributed by atoms with van der Waals surface area (Å²) in [7, 11) is 2.06. The van der Waals surface area contributed by atoms with Gasteiger partial charge >= 0.3 is 0 Å². The summed E-state index contributed by atoms with van der Waals surface area (Å²) < 4.78 is 17.5. The summed E-state index contributed by atoms with van der Waals surface area (Å²) >= 11 is 1.87. The van der Waals surface area contributed by atoms with Gasteiger partial charge in [0.25, 0.3) is 5.91 Å². The van der Waals surface area contributed by atoms with Crippen LogP contribution >= 0.6 is 11.9 Å². The third-order valence-corrected chi connectivity index (χ3v) is 8.45. The number of carbonyl (C=O) groups is 1. The number of hydrogen-bond acceptors (Lipinski definition) is 8. The number of hydrogen-bond donors (Lipinski definition) is 3. The van der Waals surface area contributed by atoms with Crippen LogP contribution < -0.4 is 20.3 Å². The van der Waals surface area contributed by atoms with Gasteiger partial charge in [-0.1, -0.05) is 6.07 Å². The van der Waals surface area contributed by atoms with Crippen LogP contribution in [0.1, 0.15) is 61.5 Å². The number of carbonyl (C=O) groups excluding carboxylic acids is 1. The van der Waals surface area contributed by atoms with Gasteiger partial charge in [0.2, 0.25) is 5.95 Å². The number of fused-ring (bicyclic) bond motifs is 1. The second-order valence-electron chi connectivity index (χ2n) is 12.0. The van der Waals surface area contributed by atoms with E-state index >= 15 is 0 Å². The van der Waals surface area contributed by atoms with Crippen LogP contribution in [0, 0.1) is 12.7 Å². The summed E-state index contributed by atoms with van der Waals surface area (Å²) in [4.78, 5) is 24.0. The summed E-state index contributed by atoms with van der Waals surface area (Å²) in [5.74, 6) is 0.0376. The molecule has 2 aliphatic rings. The van der Waals surface area contributed by atoms with Gasteiger partial charge in [0.15, 0.2) is 0 Å². The lowest BCUT2D eigenvalue weighted by atomic mass is 10.0. The number of likely N-dealkylation sites (tertiary alicyclic amines) is 1. The van der Waals surface area contributed by atoms with Gasteiger partial charge in [0.1, 0.15) is 11.6 Å². The molecule has 1 aromatic heterocycles. The average molecular weight is 578 g/mol. The van der Waals surface area contributed by atoms with Gasteiger partial charge in [-0.15, -0.1) is 0 Å². The average Bonchev–Trinajstić information content (AvgIpc) is 2.91. The predicted molar refractivity (Wildman–Crippen MR) is 167 cm³/mol. The Balaban J connectivity index is 1.27. The smallest absolute Gasteiger partial charge is 0.254 e. The highest BCUT2D eigenvalue weighted by Crippen LogP contribution is 2.39. The number of amides is 1. The van der Waals surface area contributed by atoms with E-state index in [1.54, 1.807) is 12.3 Å². The summed E-state index contributed by atoms with van der Waals surface area (Å²) in [6, 6.07) is 11.0. The molecule has 3 aromatic rings. The molecule has 0 bridgehead atoms. The van der Waals surface area contributed by atoms with Crippen LogP contribution in [0.3, 0.4) is 0 Å². The first-order chi connectivity index (χ1) is 19.5. The Bertz CT molecular complexity index is 1400. The van der Waals surface area contributed by atoms with E-state index in [1.807, 2.05) is 18.9 Å². The Morgan fingerprint density at radius 1 is 1.05 bits per heavy atom. The molecule has 1 fully saturated rings. The van der Waals surface area contributed by atoms with E-state index < -0.39 is 5.82 Å².